The Hall–Kier alpha value is -1.89. The number of benzene rings is 1. The maximum atomic E-state index is 11.4. The Morgan fingerprint density at radius 3 is 2.56 bits per heavy atom. The molecule has 2 N–H and O–H groups in total. The van der Waals surface area contributed by atoms with Gasteiger partial charge in [0.05, 0.1) is 6.42 Å². The van der Waals surface area contributed by atoms with Crippen LogP contribution in [0.2, 0.25) is 0 Å². The van der Waals surface area contributed by atoms with Crippen LogP contribution in [0, 0.1) is 0 Å². The predicted molar refractivity (Wildman–Crippen MR) is 66.1 cm³/mol. The number of carboxylic acid groups (broad SMARTS) is 1. The van der Waals surface area contributed by atoms with E-state index < -0.39 is 27.5 Å². The second kappa shape index (κ2) is 5.63. The van der Waals surface area contributed by atoms with Crippen LogP contribution in [0.5, 0.6) is 0 Å². The lowest BCUT2D eigenvalue weighted by Gasteiger charge is -2.05. The van der Waals surface area contributed by atoms with Crippen LogP contribution in [0.1, 0.15) is 5.56 Å². The highest BCUT2D eigenvalue weighted by Crippen LogP contribution is 2.11. The minimum Gasteiger partial charge on any atom is -0.481 e. The predicted octanol–water partition coefficient (Wildman–Crippen LogP) is 0.297. The summed E-state index contributed by atoms with van der Waals surface area (Å²) in [5.74, 6) is -2.23. The number of hydrogen-bond donors (Lipinski definition) is 2. The summed E-state index contributed by atoms with van der Waals surface area (Å²) in [6, 6.07) is 6.26. The van der Waals surface area contributed by atoms with Crippen molar-refractivity contribution in [2.45, 2.75) is 6.42 Å². The number of carboxylic acids is 1. The quantitative estimate of drug-likeness (QED) is 0.802. The molecule has 6 nitrogen and oxygen atoms in total. The Bertz CT molecular complexity index is 565. The molecule has 0 aliphatic heterocycles. The fraction of sp³-hybridized carbons (Fsp3) is 0.273. The summed E-state index contributed by atoms with van der Waals surface area (Å²) in [6.45, 7) is 0. The number of sulfone groups is 1. The molecule has 1 rings (SSSR count). The maximum absolute atomic E-state index is 11.4. The summed E-state index contributed by atoms with van der Waals surface area (Å²) in [4.78, 5) is 21.9. The van der Waals surface area contributed by atoms with Gasteiger partial charge in [-0.1, -0.05) is 12.1 Å². The van der Waals surface area contributed by atoms with Crippen LogP contribution in [0.3, 0.4) is 0 Å². The highest BCUT2D eigenvalue weighted by Gasteiger charge is 2.11. The standard InChI is InChI=1S/C11H13NO5S/c1-18(16,17)7-10(13)12-9-4-2-3-8(5-9)6-11(14)15/h2-5H,6-7H2,1H3,(H,12,13)(H,14,15). The Kier molecular flexibility index (Phi) is 4.43. The minimum atomic E-state index is -3.38. The van der Waals surface area contributed by atoms with Crippen molar-refractivity contribution < 1.29 is 23.1 Å². The van der Waals surface area contributed by atoms with Crippen molar-refractivity contribution in [3.05, 3.63) is 29.8 Å². The summed E-state index contributed by atoms with van der Waals surface area (Å²) < 4.78 is 21.8. The van der Waals surface area contributed by atoms with E-state index in [4.69, 9.17) is 5.11 Å². The molecular formula is C11H13NO5S. The summed E-state index contributed by atoms with van der Waals surface area (Å²) in [7, 11) is -3.38. The first-order valence-electron chi connectivity index (χ1n) is 5.04. The van der Waals surface area contributed by atoms with Gasteiger partial charge in [0.15, 0.2) is 9.84 Å². The molecule has 98 valence electrons. The monoisotopic (exact) mass is 271 g/mol. The second-order valence-corrected chi connectivity index (χ2v) is 6.03. The lowest BCUT2D eigenvalue weighted by Crippen LogP contribution is -2.21. The van der Waals surface area contributed by atoms with E-state index in [2.05, 4.69) is 5.32 Å². The second-order valence-electron chi connectivity index (χ2n) is 3.89. The normalized spacial score (nSPS) is 10.9. The van der Waals surface area contributed by atoms with E-state index in [0.717, 1.165) is 6.26 Å². The van der Waals surface area contributed by atoms with Gasteiger partial charge in [-0.15, -0.1) is 0 Å². The minimum absolute atomic E-state index is 0.157. The van der Waals surface area contributed by atoms with Crippen LogP contribution < -0.4 is 5.32 Å². The van der Waals surface area contributed by atoms with Gasteiger partial charge in [-0.2, -0.15) is 0 Å². The van der Waals surface area contributed by atoms with Gasteiger partial charge in [-0.3, -0.25) is 9.59 Å². The summed E-state index contributed by atoms with van der Waals surface area (Å²) in [5, 5.41) is 11.0. The van der Waals surface area contributed by atoms with Gasteiger partial charge in [0.2, 0.25) is 5.91 Å². The first-order valence-corrected chi connectivity index (χ1v) is 7.10. The van der Waals surface area contributed by atoms with E-state index in [1.165, 1.54) is 6.07 Å². The Morgan fingerprint density at radius 1 is 1.33 bits per heavy atom. The number of anilines is 1. The van der Waals surface area contributed by atoms with Gasteiger partial charge in [0, 0.05) is 11.9 Å². The summed E-state index contributed by atoms with van der Waals surface area (Å²) in [5.41, 5.74) is 0.905. The lowest BCUT2D eigenvalue weighted by atomic mass is 10.1. The highest BCUT2D eigenvalue weighted by molar-refractivity contribution is 7.91. The molecule has 0 atom stereocenters. The van der Waals surface area contributed by atoms with Crippen molar-refractivity contribution in [1.82, 2.24) is 0 Å². The molecule has 1 amide bonds. The average molecular weight is 271 g/mol. The van der Waals surface area contributed by atoms with Crippen molar-refractivity contribution in [3.8, 4) is 0 Å². The molecule has 0 aliphatic rings. The molecule has 18 heavy (non-hydrogen) atoms. The highest BCUT2D eigenvalue weighted by atomic mass is 32.2. The van der Waals surface area contributed by atoms with Gasteiger partial charge in [-0.25, -0.2) is 8.42 Å². The fourth-order valence-electron chi connectivity index (χ4n) is 1.37. The first-order chi connectivity index (χ1) is 8.26. The molecule has 0 aliphatic carbocycles. The number of rotatable bonds is 5. The van der Waals surface area contributed by atoms with Crippen LogP contribution in [0.25, 0.3) is 0 Å². The number of nitrogens with one attached hydrogen (secondary N) is 1. The molecule has 0 unspecified atom stereocenters. The first kappa shape index (κ1) is 14.2. The molecule has 0 aromatic heterocycles. The molecule has 7 heteroatoms. The van der Waals surface area contributed by atoms with Crippen molar-refractivity contribution in [2.75, 3.05) is 17.3 Å². The third-order valence-corrected chi connectivity index (χ3v) is 2.75. The Morgan fingerprint density at radius 2 is 2.00 bits per heavy atom. The molecule has 0 saturated carbocycles. The zero-order valence-corrected chi connectivity index (χ0v) is 10.5. The van der Waals surface area contributed by atoms with E-state index in [0.29, 0.717) is 11.3 Å². The number of carbonyl (C=O) groups is 2. The van der Waals surface area contributed by atoms with Crippen LogP contribution in [0.4, 0.5) is 5.69 Å². The number of amides is 1. The average Bonchev–Trinajstić information content (AvgIpc) is 2.13. The van der Waals surface area contributed by atoms with Crippen LogP contribution >= 0.6 is 0 Å². The molecular weight excluding hydrogens is 258 g/mol. The summed E-state index contributed by atoms with van der Waals surface area (Å²) >= 11 is 0. The lowest BCUT2D eigenvalue weighted by molar-refractivity contribution is -0.136. The molecule has 0 saturated heterocycles. The molecule has 1 aromatic rings. The molecule has 1 aromatic carbocycles. The topological polar surface area (TPSA) is 101 Å². The molecule has 0 radical (unpaired) electrons. The van der Waals surface area contributed by atoms with Gasteiger partial charge in [-0.05, 0) is 17.7 Å². The number of carbonyl (C=O) groups excluding carboxylic acids is 1. The molecule has 0 heterocycles. The van der Waals surface area contributed by atoms with E-state index >= 15 is 0 Å². The van der Waals surface area contributed by atoms with Crippen LogP contribution in [-0.2, 0) is 25.8 Å². The van der Waals surface area contributed by atoms with Gasteiger partial charge < -0.3 is 10.4 Å². The van der Waals surface area contributed by atoms with E-state index in [9.17, 15) is 18.0 Å². The largest absolute Gasteiger partial charge is 0.481 e. The van der Waals surface area contributed by atoms with Crippen molar-refractivity contribution in [1.29, 1.82) is 0 Å². The zero-order chi connectivity index (χ0) is 13.8. The zero-order valence-electron chi connectivity index (χ0n) is 9.71. The van der Waals surface area contributed by atoms with Gasteiger partial charge >= 0.3 is 5.97 Å². The van der Waals surface area contributed by atoms with Crippen molar-refractivity contribution in [3.63, 3.8) is 0 Å². The third kappa shape index (κ3) is 5.44. The van der Waals surface area contributed by atoms with Gasteiger partial charge in [0.25, 0.3) is 0 Å². The van der Waals surface area contributed by atoms with Crippen molar-refractivity contribution >= 4 is 27.4 Å². The third-order valence-electron chi connectivity index (χ3n) is 1.96. The fourth-order valence-corrected chi connectivity index (χ4v) is 1.92. The molecule has 0 fully saturated rings. The van der Waals surface area contributed by atoms with E-state index in [1.54, 1.807) is 18.2 Å². The van der Waals surface area contributed by atoms with E-state index in [1.807, 2.05) is 0 Å². The Labute approximate surface area is 105 Å². The summed E-state index contributed by atoms with van der Waals surface area (Å²) in [6.07, 6.45) is 0.809. The van der Waals surface area contributed by atoms with Crippen LogP contribution in [-0.4, -0.2) is 37.4 Å². The number of aliphatic carboxylic acids is 1. The Balaban J connectivity index is 2.73. The maximum Gasteiger partial charge on any atom is 0.307 e. The van der Waals surface area contributed by atoms with E-state index in [-0.39, 0.29) is 6.42 Å². The van der Waals surface area contributed by atoms with Crippen molar-refractivity contribution in [2.24, 2.45) is 0 Å². The SMILES string of the molecule is CS(=O)(=O)CC(=O)Nc1cccc(CC(=O)O)c1. The molecule has 0 spiro atoms. The van der Waals surface area contributed by atoms with Crippen LogP contribution in [0.15, 0.2) is 24.3 Å². The smallest absolute Gasteiger partial charge is 0.307 e. The number of hydrogen-bond acceptors (Lipinski definition) is 4. The van der Waals surface area contributed by atoms with Gasteiger partial charge in [0.1, 0.15) is 5.75 Å². The molecule has 0 bridgehead atoms.